The van der Waals surface area contributed by atoms with Crippen LogP contribution < -0.4 is 14.8 Å². The first-order valence-electron chi connectivity index (χ1n) is 7.42. The van der Waals surface area contributed by atoms with Crippen LogP contribution in [-0.2, 0) is 14.3 Å². The van der Waals surface area contributed by atoms with E-state index in [1.165, 1.54) is 33.3 Å². The molecule has 0 saturated carbocycles. The van der Waals surface area contributed by atoms with Gasteiger partial charge in [0.25, 0.3) is 5.91 Å². The van der Waals surface area contributed by atoms with Gasteiger partial charge in [0.2, 0.25) is 0 Å². The summed E-state index contributed by atoms with van der Waals surface area (Å²) in [7, 11) is 2.97. The molecule has 0 aliphatic rings. The van der Waals surface area contributed by atoms with E-state index in [0.29, 0.717) is 31.3 Å². The van der Waals surface area contributed by atoms with E-state index >= 15 is 0 Å². The normalized spacial score (nSPS) is 11.5. The fraction of sp³-hybridized carbons (Fsp3) is 0.500. The lowest BCUT2D eigenvalue weighted by Gasteiger charge is -2.15. The summed E-state index contributed by atoms with van der Waals surface area (Å²) in [6, 6.07) is 2.86. The van der Waals surface area contributed by atoms with Gasteiger partial charge in [-0.25, -0.2) is 4.79 Å². The zero-order valence-electron chi connectivity index (χ0n) is 14.2. The molecule has 0 aromatic heterocycles. The molecule has 1 atom stereocenters. The maximum atomic E-state index is 12.2. The highest BCUT2D eigenvalue weighted by atomic mass is 35.5. The quantitative estimate of drug-likeness (QED) is 0.536. The van der Waals surface area contributed by atoms with Crippen LogP contribution >= 0.6 is 11.6 Å². The van der Waals surface area contributed by atoms with E-state index in [2.05, 4.69) is 5.32 Å². The molecular formula is C16H22ClNO6. The Kier molecular flexibility index (Phi) is 8.35. The van der Waals surface area contributed by atoms with Crippen molar-refractivity contribution in [3.63, 3.8) is 0 Å². The Bertz CT molecular complexity index is 578. The molecule has 134 valence electrons. The Morgan fingerprint density at radius 1 is 1.29 bits per heavy atom. The van der Waals surface area contributed by atoms with Gasteiger partial charge in [-0.1, -0.05) is 11.6 Å². The number of methoxy groups -OCH3 is 2. The second-order valence-corrected chi connectivity index (χ2v) is 5.16. The molecule has 1 N–H and O–H groups in total. The van der Waals surface area contributed by atoms with Gasteiger partial charge in [-0.05, 0) is 26.0 Å². The number of ether oxygens (including phenoxy) is 4. The molecule has 7 nitrogen and oxygen atoms in total. The van der Waals surface area contributed by atoms with Crippen molar-refractivity contribution in [3.8, 4) is 11.5 Å². The number of halogens is 1. The molecule has 0 aliphatic carbocycles. The van der Waals surface area contributed by atoms with Crippen LogP contribution in [0.2, 0.25) is 5.02 Å². The average molecular weight is 360 g/mol. The summed E-state index contributed by atoms with van der Waals surface area (Å²) in [5.74, 6) is -0.436. The van der Waals surface area contributed by atoms with Gasteiger partial charge < -0.3 is 24.3 Å². The lowest BCUT2D eigenvalue weighted by atomic mass is 10.2. The SMILES string of the molecule is CCOc1c(Cl)cc(C(=O)O[C@H](C)C(=O)NCCOC)cc1OC. The van der Waals surface area contributed by atoms with Gasteiger partial charge in [-0.2, -0.15) is 0 Å². The molecule has 0 fully saturated rings. The van der Waals surface area contributed by atoms with Crippen LogP contribution in [0.5, 0.6) is 11.5 Å². The summed E-state index contributed by atoms with van der Waals surface area (Å²) in [6.07, 6.45) is -0.953. The Balaban J connectivity index is 2.80. The first-order valence-corrected chi connectivity index (χ1v) is 7.80. The van der Waals surface area contributed by atoms with Gasteiger partial charge in [-0.15, -0.1) is 0 Å². The second kappa shape index (κ2) is 10.00. The van der Waals surface area contributed by atoms with E-state index in [1.807, 2.05) is 6.92 Å². The van der Waals surface area contributed by atoms with Crippen molar-refractivity contribution in [3.05, 3.63) is 22.7 Å². The second-order valence-electron chi connectivity index (χ2n) is 4.75. The van der Waals surface area contributed by atoms with E-state index in [0.717, 1.165) is 0 Å². The third kappa shape index (κ3) is 5.58. The summed E-state index contributed by atoms with van der Waals surface area (Å²) >= 11 is 6.11. The summed E-state index contributed by atoms with van der Waals surface area (Å²) in [4.78, 5) is 24.0. The Morgan fingerprint density at radius 2 is 2.00 bits per heavy atom. The van der Waals surface area contributed by atoms with Crippen LogP contribution in [0.3, 0.4) is 0 Å². The largest absolute Gasteiger partial charge is 0.493 e. The molecule has 0 unspecified atom stereocenters. The third-order valence-corrected chi connectivity index (χ3v) is 3.29. The maximum absolute atomic E-state index is 12.2. The first-order chi connectivity index (χ1) is 11.4. The highest BCUT2D eigenvalue weighted by molar-refractivity contribution is 6.32. The highest BCUT2D eigenvalue weighted by Crippen LogP contribution is 2.36. The topological polar surface area (TPSA) is 83.1 Å². The molecule has 0 radical (unpaired) electrons. The number of esters is 1. The average Bonchev–Trinajstić information content (AvgIpc) is 2.56. The molecule has 1 aromatic rings. The first kappa shape index (κ1) is 20.1. The predicted octanol–water partition coefficient (Wildman–Crippen LogP) is 2.06. The molecule has 0 heterocycles. The number of carbonyl (C=O) groups excluding carboxylic acids is 2. The Hall–Kier alpha value is -1.99. The number of benzene rings is 1. The fourth-order valence-corrected chi connectivity index (χ4v) is 2.09. The summed E-state index contributed by atoms with van der Waals surface area (Å²) < 4.78 is 20.5. The van der Waals surface area contributed by atoms with Crippen molar-refractivity contribution >= 4 is 23.5 Å². The minimum Gasteiger partial charge on any atom is -0.493 e. The van der Waals surface area contributed by atoms with Gasteiger partial charge in [0.05, 0.1) is 30.9 Å². The van der Waals surface area contributed by atoms with Gasteiger partial charge in [0, 0.05) is 13.7 Å². The van der Waals surface area contributed by atoms with E-state index in [1.54, 1.807) is 0 Å². The van der Waals surface area contributed by atoms with Crippen LogP contribution in [0.1, 0.15) is 24.2 Å². The Morgan fingerprint density at radius 3 is 2.58 bits per heavy atom. The number of hydrogen-bond donors (Lipinski definition) is 1. The highest BCUT2D eigenvalue weighted by Gasteiger charge is 2.21. The minimum absolute atomic E-state index is 0.164. The number of rotatable bonds is 9. The lowest BCUT2D eigenvalue weighted by Crippen LogP contribution is -2.37. The molecule has 0 spiro atoms. The van der Waals surface area contributed by atoms with Gasteiger partial charge in [0.1, 0.15) is 0 Å². The molecule has 1 aromatic carbocycles. The van der Waals surface area contributed by atoms with Crippen LogP contribution in [0, 0.1) is 0 Å². The Labute approximate surface area is 146 Å². The summed E-state index contributed by atoms with van der Waals surface area (Å²) in [5, 5.41) is 2.81. The van der Waals surface area contributed by atoms with Gasteiger partial charge in [-0.3, -0.25) is 4.79 Å². The van der Waals surface area contributed by atoms with Crippen LogP contribution in [-0.4, -0.2) is 52.0 Å². The zero-order valence-corrected chi connectivity index (χ0v) is 14.9. The maximum Gasteiger partial charge on any atom is 0.339 e. The molecule has 1 rings (SSSR count). The zero-order chi connectivity index (χ0) is 18.1. The van der Waals surface area contributed by atoms with Crippen molar-refractivity contribution in [2.24, 2.45) is 0 Å². The van der Waals surface area contributed by atoms with Crippen molar-refractivity contribution in [1.82, 2.24) is 5.32 Å². The van der Waals surface area contributed by atoms with Crippen molar-refractivity contribution in [2.75, 3.05) is 34.0 Å². The molecule has 0 saturated heterocycles. The smallest absolute Gasteiger partial charge is 0.339 e. The number of hydrogen-bond acceptors (Lipinski definition) is 6. The molecule has 8 heteroatoms. The number of amides is 1. The standard InChI is InChI=1S/C16H22ClNO6/c1-5-23-14-12(17)8-11(9-13(14)22-4)16(20)24-10(2)15(19)18-6-7-21-3/h8-10H,5-7H2,1-4H3,(H,18,19)/t10-/m1/s1. The van der Waals surface area contributed by atoms with Crippen molar-refractivity contribution in [2.45, 2.75) is 20.0 Å². The number of carbonyl (C=O) groups is 2. The molecule has 24 heavy (non-hydrogen) atoms. The number of nitrogens with one attached hydrogen (secondary N) is 1. The van der Waals surface area contributed by atoms with Crippen molar-refractivity contribution in [1.29, 1.82) is 0 Å². The summed E-state index contributed by atoms with van der Waals surface area (Å²) in [5.41, 5.74) is 0.164. The van der Waals surface area contributed by atoms with Crippen LogP contribution in [0.25, 0.3) is 0 Å². The molecule has 0 bridgehead atoms. The molecule has 0 aliphatic heterocycles. The van der Waals surface area contributed by atoms with E-state index in [4.69, 9.17) is 30.5 Å². The predicted molar refractivity (Wildman–Crippen MR) is 88.9 cm³/mol. The van der Waals surface area contributed by atoms with E-state index in [-0.39, 0.29) is 10.6 Å². The van der Waals surface area contributed by atoms with Crippen LogP contribution in [0.4, 0.5) is 0 Å². The van der Waals surface area contributed by atoms with Gasteiger partial charge in [0.15, 0.2) is 17.6 Å². The fourth-order valence-electron chi connectivity index (χ4n) is 1.82. The van der Waals surface area contributed by atoms with Crippen molar-refractivity contribution < 1.29 is 28.5 Å². The summed E-state index contributed by atoms with van der Waals surface area (Å²) in [6.45, 7) is 4.39. The van der Waals surface area contributed by atoms with E-state index < -0.39 is 18.0 Å². The minimum atomic E-state index is -0.953. The molecular weight excluding hydrogens is 338 g/mol. The third-order valence-electron chi connectivity index (χ3n) is 3.01. The molecule has 1 amide bonds. The van der Waals surface area contributed by atoms with Gasteiger partial charge >= 0.3 is 5.97 Å². The van der Waals surface area contributed by atoms with Crippen LogP contribution in [0.15, 0.2) is 12.1 Å². The van der Waals surface area contributed by atoms with E-state index in [9.17, 15) is 9.59 Å². The lowest BCUT2D eigenvalue weighted by molar-refractivity contribution is -0.129. The monoisotopic (exact) mass is 359 g/mol.